The molecule has 142 valence electrons. The molecule has 0 unspecified atom stereocenters. The Kier molecular flexibility index (Phi) is 4.84. The van der Waals surface area contributed by atoms with Crippen molar-refractivity contribution in [3.8, 4) is 0 Å². The van der Waals surface area contributed by atoms with Crippen LogP contribution in [0.2, 0.25) is 0 Å². The van der Waals surface area contributed by atoms with E-state index in [1.165, 1.54) is 51.4 Å². The van der Waals surface area contributed by atoms with Crippen molar-refractivity contribution in [2.75, 3.05) is 41.3 Å². The zero-order valence-electron chi connectivity index (χ0n) is 16.4. The van der Waals surface area contributed by atoms with Crippen molar-refractivity contribution in [3.05, 3.63) is 0 Å². The van der Waals surface area contributed by atoms with Crippen LogP contribution in [0.1, 0.15) is 51.4 Å². The summed E-state index contributed by atoms with van der Waals surface area (Å²) in [7, 11) is 7.23. The van der Waals surface area contributed by atoms with Crippen LogP contribution in [0.25, 0.3) is 0 Å². The number of hydrogen-bond acceptors (Lipinski definition) is 1. The molecule has 0 atom stereocenters. The fourth-order valence-electron chi connectivity index (χ4n) is 7.01. The molecule has 5 fully saturated rings. The lowest BCUT2D eigenvalue weighted by Gasteiger charge is -2.63. The third-order valence-corrected chi connectivity index (χ3v) is 12.4. The fraction of sp³-hybridized carbons (Fsp3) is 0.947. The molecule has 4 nitrogen and oxygen atoms in total. The van der Waals surface area contributed by atoms with E-state index in [-0.39, 0.29) is 0 Å². The van der Waals surface area contributed by atoms with Gasteiger partial charge in [-0.3, -0.25) is 9.34 Å². The van der Waals surface area contributed by atoms with Crippen LogP contribution in [-0.2, 0) is 0 Å². The van der Waals surface area contributed by atoms with E-state index in [9.17, 15) is 0 Å². The minimum atomic E-state index is -1.84. The van der Waals surface area contributed by atoms with Crippen LogP contribution < -0.4 is 0 Å². The summed E-state index contributed by atoms with van der Waals surface area (Å²) in [6.45, 7) is 2.20. The summed E-state index contributed by atoms with van der Waals surface area (Å²) in [5, 5.41) is 1.27. The summed E-state index contributed by atoms with van der Waals surface area (Å²) in [4.78, 5) is 2.36. The molecule has 1 saturated heterocycles. The van der Waals surface area contributed by atoms with Crippen molar-refractivity contribution < 1.29 is 0 Å². The Balaban J connectivity index is 1.79. The first-order chi connectivity index (χ1) is 11.9. The topological polar surface area (TPSA) is 22.1 Å². The first-order valence-electron chi connectivity index (χ1n) is 10.1. The monoisotopic (exact) mass is 382 g/mol. The molecule has 4 aliphatic carbocycles. The van der Waals surface area contributed by atoms with Crippen LogP contribution in [0.4, 0.5) is 0 Å². The minimum absolute atomic E-state index is 0.374. The van der Waals surface area contributed by atoms with Crippen molar-refractivity contribution in [1.82, 2.24) is 14.2 Å². The Bertz CT molecular complexity index is 547. The molecule has 0 N–H and O–H groups in total. The van der Waals surface area contributed by atoms with Gasteiger partial charge in [0, 0.05) is 18.2 Å². The highest BCUT2D eigenvalue weighted by Gasteiger charge is 2.59. The number of rotatable bonds is 3. The van der Waals surface area contributed by atoms with Crippen LogP contribution in [-0.4, -0.2) is 65.8 Å². The first kappa shape index (κ1) is 18.4. The van der Waals surface area contributed by atoms with Crippen LogP contribution in [0, 0.1) is 17.8 Å². The van der Waals surface area contributed by atoms with E-state index >= 15 is 0 Å². The average molecular weight is 383 g/mol. The standard InChI is InChI=1S/C19H35N4PS/c1-21(2)24(22(3)4,20-18(25)23-7-5-6-8-23)19-12-15-9-16(13-19)11-17(10-15)14-19/h15-17H,5-14H2,1-4H3. The summed E-state index contributed by atoms with van der Waals surface area (Å²) in [5.74, 6) is 2.84. The van der Waals surface area contributed by atoms with Crippen molar-refractivity contribution in [2.45, 2.75) is 56.5 Å². The van der Waals surface area contributed by atoms with Gasteiger partial charge >= 0.3 is 0 Å². The second-order valence-electron chi connectivity index (χ2n) is 9.48. The summed E-state index contributed by atoms with van der Waals surface area (Å²) in [6, 6.07) is 0. The number of nitrogens with zero attached hydrogens (tertiary/aromatic N) is 4. The maximum atomic E-state index is 5.89. The molecule has 25 heavy (non-hydrogen) atoms. The summed E-state index contributed by atoms with van der Waals surface area (Å²) in [5.41, 5.74) is 0. The van der Waals surface area contributed by atoms with E-state index in [4.69, 9.17) is 17.0 Å². The van der Waals surface area contributed by atoms with E-state index in [1.54, 1.807) is 0 Å². The largest absolute Gasteiger partial charge is 0.347 e. The Morgan fingerprint density at radius 3 is 1.76 bits per heavy atom. The smallest absolute Gasteiger partial charge is 0.196 e. The molecule has 0 aromatic carbocycles. The van der Waals surface area contributed by atoms with Gasteiger partial charge in [-0.05, 0) is 110 Å². The molecule has 6 heteroatoms. The molecule has 1 heterocycles. The molecule has 4 saturated carbocycles. The Labute approximate surface area is 159 Å². The second kappa shape index (κ2) is 6.58. The van der Waals surface area contributed by atoms with Crippen LogP contribution >= 0.6 is 19.6 Å². The summed E-state index contributed by atoms with van der Waals surface area (Å²) in [6.07, 6.45) is 11.1. The highest BCUT2D eigenvalue weighted by atomic mass is 32.1. The van der Waals surface area contributed by atoms with Crippen molar-refractivity contribution in [1.29, 1.82) is 0 Å². The van der Waals surface area contributed by atoms with Gasteiger partial charge in [0.15, 0.2) is 5.11 Å². The molecule has 5 rings (SSSR count). The molecule has 4 bridgehead atoms. The fourth-order valence-corrected chi connectivity index (χ4v) is 12.4. The van der Waals surface area contributed by atoms with E-state index in [0.717, 1.165) is 36.0 Å². The van der Waals surface area contributed by atoms with Gasteiger partial charge in [0.05, 0.1) is 0 Å². The van der Waals surface area contributed by atoms with Crippen LogP contribution in [0.3, 0.4) is 0 Å². The first-order valence-corrected chi connectivity index (χ1v) is 12.2. The molecule has 0 radical (unpaired) electrons. The maximum Gasteiger partial charge on any atom is 0.196 e. The van der Waals surface area contributed by atoms with Gasteiger partial charge in [0.25, 0.3) is 0 Å². The molecule has 0 aromatic rings. The van der Waals surface area contributed by atoms with Crippen molar-refractivity contribution in [2.24, 2.45) is 22.5 Å². The van der Waals surface area contributed by atoms with E-state index in [0.29, 0.717) is 5.16 Å². The normalized spacial score (nSPS) is 37.4. The number of hydrogen-bond donors (Lipinski definition) is 0. The van der Waals surface area contributed by atoms with Gasteiger partial charge in [-0.25, -0.2) is 4.74 Å². The highest BCUT2D eigenvalue weighted by Crippen LogP contribution is 2.75. The predicted octanol–water partition coefficient (Wildman–Crippen LogP) is 4.49. The minimum Gasteiger partial charge on any atom is -0.347 e. The lowest BCUT2D eigenvalue weighted by atomic mass is 9.56. The SMILES string of the molecule is CN(C)P(=NC(=S)N1CCCC1)(N(C)C)C12CC3CC(CC(C3)C1)C2. The van der Waals surface area contributed by atoms with Crippen LogP contribution in [0.5, 0.6) is 0 Å². The lowest BCUT2D eigenvalue weighted by molar-refractivity contribution is 0.0307. The van der Waals surface area contributed by atoms with Gasteiger partial charge < -0.3 is 4.90 Å². The van der Waals surface area contributed by atoms with Crippen molar-refractivity contribution >= 4 is 24.7 Å². The molecule has 5 aliphatic rings. The van der Waals surface area contributed by atoms with Gasteiger partial charge in [-0.2, -0.15) is 0 Å². The van der Waals surface area contributed by atoms with E-state index in [2.05, 4.69) is 42.4 Å². The molecule has 0 amide bonds. The molecular weight excluding hydrogens is 347 g/mol. The zero-order valence-corrected chi connectivity index (χ0v) is 18.2. The Morgan fingerprint density at radius 2 is 1.36 bits per heavy atom. The zero-order chi connectivity index (χ0) is 17.8. The third-order valence-electron chi connectivity index (χ3n) is 7.36. The average Bonchev–Trinajstić information content (AvgIpc) is 3.04. The third kappa shape index (κ3) is 2.85. The van der Waals surface area contributed by atoms with E-state index in [1.807, 2.05) is 0 Å². The molecule has 1 aliphatic heterocycles. The van der Waals surface area contributed by atoms with Gasteiger partial charge in [0.1, 0.15) is 7.36 Å². The highest BCUT2D eigenvalue weighted by molar-refractivity contribution is 7.81. The van der Waals surface area contributed by atoms with Gasteiger partial charge in [-0.15, -0.1) is 0 Å². The van der Waals surface area contributed by atoms with Crippen LogP contribution in [0.15, 0.2) is 4.74 Å². The Morgan fingerprint density at radius 1 is 0.920 bits per heavy atom. The van der Waals surface area contributed by atoms with Gasteiger partial charge in [0.2, 0.25) is 0 Å². The van der Waals surface area contributed by atoms with Crippen molar-refractivity contribution in [3.63, 3.8) is 0 Å². The number of likely N-dealkylation sites (tertiary alicyclic amines) is 1. The molecular formula is C19H35N4PS. The Hall–Kier alpha value is 0.0400. The van der Waals surface area contributed by atoms with Gasteiger partial charge in [-0.1, -0.05) is 0 Å². The second-order valence-corrected chi connectivity index (χ2v) is 13.7. The maximum absolute atomic E-state index is 5.89. The molecule has 0 aromatic heterocycles. The predicted molar refractivity (Wildman–Crippen MR) is 111 cm³/mol. The lowest BCUT2D eigenvalue weighted by Crippen LogP contribution is -2.54. The van der Waals surface area contributed by atoms with E-state index < -0.39 is 7.36 Å². The summed E-state index contributed by atoms with van der Waals surface area (Å²) >= 11 is 5.89. The quantitative estimate of drug-likeness (QED) is 0.530. The summed E-state index contributed by atoms with van der Waals surface area (Å²) < 4.78 is 10.5. The molecule has 0 spiro atoms. The number of thiocarbonyl (C=S) groups is 1.